The number of ketones is 1. The molecule has 1 aromatic carbocycles. The molecule has 3 rings (SSSR count). The molecule has 0 saturated heterocycles. The maximum Gasteiger partial charge on any atom is 0.175 e. The van der Waals surface area contributed by atoms with Gasteiger partial charge in [0.2, 0.25) is 0 Å². The molecule has 17 heavy (non-hydrogen) atoms. The summed E-state index contributed by atoms with van der Waals surface area (Å²) in [6.07, 6.45) is 1.69. The SMILES string of the molecule is CCC1Cc2c(cc3c(c2Br)OCCO3)C1=O. The third kappa shape index (κ3) is 1.58. The van der Waals surface area contributed by atoms with Crippen molar-refractivity contribution in [1.29, 1.82) is 0 Å². The van der Waals surface area contributed by atoms with Crippen molar-refractivity contribution < 1.29 is 14.3 Å². The quantitative estimate of drug-likeness (QED) is 0.799. The van der Waals surface area contributed by atoms with Crippen LogP contribution in [0, 0.1) is 5.92 Å². The van der Waals surface area contributed by atoms with Gasteiger partial charge < -0.3 is 9.47 Å². The van der Waals surface area contributed by atoms with Gasteiger partial charge in [-0.3, -0.25) is 4.79 Å². The Morgan fingerprint density at radius 1 is 1.41 bits per heavy atom. The number of ether oxygens (including phenoxy) is 2. The fraction of sp³-hybridized carbons (Fsp3) is 0.462. The summed E-state index contributed by atoms with van der Waals surface area (Å²) in [7, 11) is 0. The van der Waals surface area contributed by atoms with Crippen LogP contribution in [0.15, 0.2) is 10.5 Å². The molecule has 0 amide bonds. The molecular formula is C13H13BrO3. The van der Waals surface area contributed by atoms with Crippen LogP contribution in [0.1, 0.15) is 29.3 Å². The van der Waals surface area contributed by atoms with Gasteiger partial charge >= 0.3 is 0 Å². The molecule has 1 aliphatic heterocycles. The first-order valence-electron chi connectivity index (χ1n) is 5.87. The first-order chi connectivity index (χ1) is 8.22. The Hall–Kier alpha value is -1.03. The van der Waals surface area contributed by atoms with Crippen LogP contribution in [0.5, 0.6) is 11.5 Å². The molecule has 1 aromatic rings. The normalized spacial score (nSPS) is 21.5. The summed E-state index contributed by atoms with van der Waals surface area (Å²) >= 11 is 3.54. The Bertz CT molecular complexity index is 496. The highest BCUT2D eigenvalue weighted by Crippen LogP contribution is 2.45. The average Bonchev–Trinajstić information content (AvgIpc) is 2.68. The number of carbonyl (C=O) groups is 1. The third-order valence-electron chi connectivity index (χ3n) is 3.46. The lowest BCUT2D eigenvalue weighted by Gasteiger charge is -2.21. The van der Waals surface area contributed by atoms with Gasteiger partial charge in [0.05, 0.1) is 4.47 Å². The minimum atomic E-state index is 0.116. The molecule has 1 heterocycles. The number of fused-ring (bicyclic) bond motifs is 2. The summed E-state index contributed by atoms with van der Waals surface area (Å²) in [6, 6.07) is 1.84. The van der Waals surface area contributed by atoms with Crippen LogP contribution in [0.25, 0.3) is 0 Å². The topological polar surface area (TPSA) is 35.5 Å². The maximum absolute atomic E-state index is 12.1. The van der Waals surface area contributed by atoms with Crippen LogP contribution in [0.2, 0.25) is 0 Å². The van der Waals surface area contributed by atoms with Crippen molar-refractivity contribution >= 4 is 21.7 Å². The highest BCUT2D eigenvalue weighted by atomic mass is 79.9. The third-order valence-corrected chi connectivity index (χ3v) is 4.29. The van der Waals surface area contributed by atoms with E-state index in [1.165, 1.54) is 0 Å². The van der Waals surface area contributed by atoms with E-state index >= 15 is 0 Å². The van der Waals surface area contributed by atoms with E-state index in [0.717, 1.165) is 34.2 Å². The second-order valence-corrected chi connectivity index (χ2v) is 5.21. The van der Waals surface area contributed by atoms with E-state index in [-0.39, 0.29) is 11.7 Å². The first kappa shape index (κ1) is 11.1. The fourth-order valence-electron chi connectivity index (χ4n) is 2.49. The first-order valence-corrected chi connectivity index (χ1v) is 6.66. The Morgan fingerprint density at radius 3 is 2.94 bits per heavy atom. The standard InChI is InChI=1S/C13H13BrO3/c1-2-7-5-8-9(12(7)15)6-10-13(11(8)14)17-4-3-16-10/h6-7H,2-5H2,1H3. The molecule has 1 aliphatic carbocycles. The predicted octanol–water partition coefficient (Wildman–Crippen LogP) is 2.99. The van der Waals surface area contributed by atoms with Crippen molar-refractivity contribution in [2.75, 3.05) is 13.2 Å². The zero-order valence-electron chi connectivity index (χ0n) is 9.59. The van der Waals surface area contributed by atoms with Gasteiger partial charge in [0.1, 0.15) is 13.2 Å². The second-order valence-electron chi connectivity index (χ2n) is 4.41. The van der Waals surface area contributed by atoms with E-state index in [1.54, 1.807) is 0 Å². The minimum absolute atomic E-state index is 0.116. The predicted molar refractivity (Wildman–Crippen MR) is 66.9 cm³/mol. The Kier molecular flexibility index (Phi) is 2.62. The molecule has 90 valence electrons. The lowest BCUT2D eigenvalue weighted by Crippen LogP contribution is -2.16. The molecule has 0 radical (unpaired) electrons. The van der Waals surface area contributed by atoms with E-state index in [1.807, 2.05) is 6.07 Å². The van der Waals surface area contributed by atoms with Crippen LogP contribution in [0.4, 0.5) is 0 Å². The lowest BCUT2D eigenvalue weighted by atomic mass is 10.0. The summed E-state index contributed by atoms with van der Waals surface area (Å²) in [4.78, 5) is 12.1. The second kappa shape index (κ2) is 4.02. The highest BCUT2D eigenvalue weighted by molar-refractivity contribution is 9.10. The summed E-state index contributed by atoms with van der Waals surface area (Å²) in [5.74, 6) is 1.79. The van der Waals surface area contributed by atoms with Crippen molar-refractivity contribution in [2.45, 2.75) is 19.8 Å². The fourth-order valence-corrected chi connectivity index (χ4v) is 3.18. The van der Waals surface area contributed by atoms with Crippen molar-refractivity contribution in [3.8, 4) is 11.5 Å². The summed E-state index contributed by atoms with van der Waals surface area (Å²) in [6.45, 7) is 3.16. The van der Waals surface area contributed by atoms with Crippen LogP contribution in [-0.2, 0) is 6.42 Å². The van der Waals surface area contributed by atoms with Gasteiger partial charge in [-0.1, -0.05) is 6.92 Å². The molecule has 1 unspecified atom stereocenters. The Labute approximate surface area is 108 Å². The molecule has 0 fully saturated rings. The van der Waals surface area contributed by atoms with Crippen LogP contribution < -0.4 is 9.47 Å². The number of hydrogen-bond acceptors (Lipinski definition) is 3. The van der Waals surface area contributed by atoms with Gasteiger partial charge in [-0.05, 0) is 40.4 Å². The van der Waals surface area contributed by atoms with Gasteiger partial charge in [0.25, 0.3) is 0 Å². The van der Waals surface area contributed by atoms with Crippen LogP contribution in [-0.4, -0.2) is 19.0 Å². The smallest absolute Gasteiger partial charge is 0.175 e. The van der Waals surface area contributed by atoms with Crippen molar-refractivity contribution in [3.05, 3.63) is 21.7 Å². The monoisotopic (exact) mass is 296 g/mol. The van der Waals surface area contributed by atoms with Gasteiger partial charge in [-0.25, -0.2) is 0 Å². The summed E-state index contributed by atoms with van der Waals surface area (Å²) in [5, 5.41) is 0. The van der Waals surface area contributed by atoms with Gasteiger partial charge in [-0.15, -0.1) is 0 Å². The number of rotatable bonds is 1. The molecule has 1 atom stereocenters. The van der Waals surface area contributed by atoms with E-state index in [2.05, 4.69) is 22.9 Å². The molecule has 2 aliphatic rings. The van der Waals surface area contributed by atoms with E-state index in [0.29, 0.717) is 19.0 Å². The highest BCUT2D eigenvalue weighted by Gasteiger charge is 2.34. The van der Waals surface area contributed by atoms with Gasteiger partial charge in [-0.2, -0.15) is 0 Å². The molecule has 4 heteroatoms. The summed E-state index contributed by atoms with van der Waals surface area (Å²) < 4.78 is 12.0. The molecule has 0 N–H and O–H groups in total. The van der Waals surface area contributed by atoms with Crippen LogP contribution >= 0.6 is 15.9 Å². The minimum Gasteiger partial charge on any atom is -0.486 e. The largest absolute Gasteiger partial charge is 0.486 e. The number of Topliss-reactive ketones (excluding diaryl/α,β-unsaturated/α-hetero) is 1. The molecular weight excluding hydrogens is 284 g/mol. The lowest BCUT2D eigenvalue weighted by molar-refractivity contribution is 0.0933. The molecule has 0 bridgehead atoms. The molecule has 0 saturated carbocycles. The number of carbonyl (C=O) groups excluding carboxylic acids is 1. The Balaban J connectivity index is 2.15. The van der Waals surface area contributed by atoms with E-state index in [4.69, 9.17) is 9.47 Å². The summed E-state index contributed by atoms with van der Waals surface area (Å²) in [5.41, 5.74) is 1.87. The Morgan fingerprint density at radius 2 is 2.18 bits per heavy atom. The van der Waals surface area contributed by atoms with E-state index in [9.17, 15) is 4.79 Å². The van der Waals surface area contributed by atoms with Crippen molar-refractivity contribution in [3.63, 3.8) is 0 Å². The zero-order valence-corrected chi connectivity index (χ0v) is 11.2. The van der Waals surface area contributed by atoms with Crippen molar-refractivity contribution in [1.82, 2.24) is 0 Å². The molecule has 0 spiro atoms. The average molecular weight is 297 g/mol. The maximum atomic E-state index is 12.1. The van der Waals surface area contributed by atoms with Crippen LogP contribution in [0.3, 0.4) is 0 Å². The molecule has 3 nitrogen and oxygen atoms in total. The number of hydrogen-bond donors (Lipinski definition) is 0. The zero-order chi connectivity index (χ0) is 12.0. The number of halogens is 1. The molecule has 0 aromatic heterocycles. The van der Waals surface area contributed by atoms with E-state index < -0.39 is 0 Å². The number of benzene rings is 1. The van der Waals surface area contributed by atoms with Gasteiger partial charge in [0, 0.05) is 11.5 Å². The van der Waals surface area contributed by atoms with Crippen molar-refractivity contribution in [2.24, 2.45) is 5.92 Å². The van der Waals surface area contributed by atoms with Gasteiger partial charge in [0.15, 0.2) is 17.3 Å².